The minimum absolute atomic E-state index is 0.0477. The smallest absolute Gasteiger partial charge is 0.319 e. The standard InChI is InChI=1S/C21H24N4O6S/c1-25(30-3)32(27,28)19-10-6-16(7-11-19)24-21(26)22-13-12-17-14-31-20(23-17)15-4-8-18(29-2)9-5-15/h4-11,14H,12-13H2,1-3H3,(H2,22,24,26). The van der Waals surface area contributed by atoms with Gasteiger partial charge in [0.05, 0.1) is 24.8 Å². The molecule has 0 atom stereocenters. The minimum Gasteiger partial charge on any atom is -0.497 e. The SMILES string of the molecule is COc1ccc(-c2nc(CCNC(=O)Nc3ccc(S(=O)(=O)N(C)OC)cc3)co2)cc1. The fourth-order valence-electron chi connectivity index (χ4n) is 2.72. The first-order chi connectivity index (χ1) is 15.3. The van der Waals surface area contributed by atoms with Crippen LogP contribution in [0, 0.1) is 0 Å². The summed E-state index contributed by atoms with van der Waals surface area (Å²) in [6.45, 7) is 0.339. The van der Waals surface area contributed by atoms with Gasteiger partial charge in [0.15, 0.2) is 0 Å². The average molecular weight is 461 g/mol. The molecule has 3 rings (SSSR count). The second-order valence-corrected chi connectivity index (χ2v) is 8.56. The third kappa shape index (κ3) is 5.63. The van der Waals surface area contributed by atoms with Crippen LogP contribution >= 0.6 is 0 Å². The number of amides is 2. The highest BCUT2D eigenvalue weighted by molar-refractivity contribution is 7.89. The molecular weight excluding hydrogens is 436 g/mol. The van der Waals surface area contributed by atoms with Gasteiger partial charge in [0.2, 0.25) is 5.89 Å². The molecule has 0 aliphatic carbocycles. The Labute approximate surface area is 186 Å². The molecule has 170 valence electrons. The number of carbonyl (C=O) groups is 1. The lowest BCUT2D eigenvalue weighted by atomic mass is 10.2. The molecule has 0 saturated heterocycles. The van der Waals surface area contributed by atoms with Gasteiger partial charge in [-0.3, -0.25) is 4.84 Å². The number of anilines is 1. The van der Waals surface area contributed by atoms with Gasteiger partial charge in [-0.05, 0) is 48.5 Å². The molecule has 0 aliphatic heterocycles. The van der Waals surface area contributed by atoms with Crippen molar-refractivity contribution in [3.63, 3.8) is 0 Å². The summed E-state index contributed by atoms with van der Waals surface area (Å²) in [7, 11) is 0.416. The number of nitrogens with one attached hydrogen (secondary N) is 2. The van der Waals surface area contributed by atoms with Gasteiger partial charge in [-0.2, -0.15) is 0 Å². The number of hydroxylamine groups is 1. The number of benzene rings is 2. The zero-order valence-corrected chi connectivity index (χ0v) is 18.7. The van der Waals surface area contributed by atoms with Crippen molar-refractivity contribution in [2.75, 3.05) is 33.1 Å². The Balaban J connectivity index is 1.49. The molecule has 0 bridgehead atoms. The molecule has 0 aliphatic rings. The highest BCUT2D eigenvalue weighted by Crippen LogP contribution is 2.22. The Kier molecular flexibility index (Phi) is 7.46. The van der Waals surface area contributed by atoms with Gasteiger partial charge in [0.25, 0.3) is 10.0 Å². The van der Waals surface area contributed by atoms with Gasteiger partial charge in [-0.1, -0.05) is 4.47 Å². The zero-order valence-electron chi connectivity index (χ0n) is 17.9. The predicted molar refractivity (Wildman–Crippen MR) is 118 cm³/mol. The summed E-state index contributed by atoms with van der Waals surface area (Å²) in [4.78, 5) is 21.3. The lowest BCUT2D eigenvalue weighted by Crippen LogP contribution is -2.30. The molecule has 2 N–H and O–H groups in total. The van der Waals surface area contributed by atoms with Crippen molar-refractivity contribution in [3.8, 4) is 17.2 Å². The number of hydrogen-bond acceptors (Lipinski definition) is 7. The van der Waals surface area contributed by atoms with Crippen LogP contribution in [0.5, 0.6) is 5.75 Å². The van der Waals surface area contributed by atoms with Crippen molar-refractivity contribution in [2.24, 2.45) is 0 Å². The number of urea groups is 1. The van der Waals surface area contributed by atoms with Crippen molar-refractivity contribution in [2.45, 2.75) is 11.3 Å². The lowest BCUT2D eigenvalue weighted by Gasteiger charge is -2.14. The molecule has 1 aromatic heterocycles. The Morgan fingerprint density at radius 1 is 1.09 bits per heavy atom. The molecule has 0 saturated carbocycles. The summed E-state index contributed by atoms with van der Waals surface area (Å²) in [6.07, 6.45) is 2.03. The second kappa shape index (κ2) is 10.3. The van der Waals surface area contributed by atoms with E-state index in [-0.39, 0.29) is 4.90 Å². The Bertz CT molecular complexity index is 1140. The maximum Gasteiger partial charge on any atom is 0.319 e. The van der Waals surface area contributed by atoms with Crippen LogP contribution in [0.1, 0.15) is 5.69 Å². The summed E-state index contributed by atoms with van der Waals surface area (Å²) in [5.41, 5.74) is 1.97. The monoisotopic (exact) mass is 460 g/mol. The van der Waals surface area contributed by atoms with Crippen LogP contribution < -0.4 is 15.4 Å². The molecule has 0 spiro atoms. The van der Waals surface area contributed by atoms with Crippen molar-refractivity contribution in [3.05, 3.63) is 60.5 Å². The molecule has 32 heavy (non-hydrogen) atoms. The zero-order chi connectivity index (χ0) is 23.1. The van der Waals surface area contributed by atoms with Crippen LogP contribution in [-0.4, -0.2) is 51.7 Å². The first kappa shape index (κ1) is 23.3. The van der Waals surface area contributed by atoms with E-state index in [2.05, 4.69) is 15.6 Å². The Hall–Kier alpha value is -3.41. The average Bonchev–Trinajstić information content (AvgIpc) is 3.27. The summed E-state index contributed by atoms with van der Waals surface area (Å²) >= 11 is 0. The van der Waals surface area contributed by atoms with Gasteiger partial charge in [-0.25, -0.2) is 18.2 Å². The van der Waals surface area contributed by atoms with Crippen molar-refractivity contribution < 1.29 is 27.2 Å². The van der Waals surface area contributed by atoms with Crippen molar-refractivity contribution in [1.82, 2.24) is 14.8 Å². The van der Waals surface area contributed by atoms with Crippen LogP contribution in [-0.2, 0) is 21.3 Å². The highest BCUT2D eigenvalue weighted by Gasteiger charge is 2.20. The number of rotatable bonds is 9. The normalized spacial score (nSPS) is 11.4. The van der Waals surface area contributed by atoms with E-state index < -0.39 is 16.1 Å². The van der Waals surface area contributed by atoms with Crippen LogP contribution in [0.25, 0.3) is 11.5 Å². The number of hydrogen-bond donors (Lipinski definition) is 2. The number of aromatic nitrogens is 1. The summed E-state index contributed by atoms with van der Waals surface area (Å²) in [5.74, 6) is 1.23. The number of carbonyl (C=O) groups excluding carboxylic acids is 1. The van der Waals surface area contributed by atoms with Crippen molar-refractivity contribution >= 4 is 21.7 Å². The summed E-state index contributed by atoms with van der Waals surface area (Å²) in [5, 5.41) is 5.37. The second-order valence-electron chi connectivity index (χ2n) is 6.63. The molecule has 0 fully saturated rings. The lowest BCUT2D eigenvalue weighted by molar-refractivity contribution is -0.0258. The number of ether oxygens (including phenoxy) is 1. The summed E-state index contributed by atoms with van der Waals surface area (Å²) in [6, 6.07) is 12.7. The van der Waals surface area contributed by atoms with E-state index in [1.807, 2.05) is 24.3 Å². The van der Waals surface area contributed by atoms with Gasteiger partial charge in [0, 0.05) is 31.3 Å². The first-order valence-electron chi connectivity index (χ1n) is 9.60. The maximum atomic E-state index is 12.2. The van der Waals surface area contributed by atoms with Gasteiger partial charge in [0.1, 0.15) is 12.0 Å². The van der Waals surface area contributed by atoms with E-state index in [1.165, 1.54) is 38.4 Å². The molecule has 2 amide bonds. The fraction of sp³-hybridized carbons (Fsp3) is 0.238. The van der Waals surface area contributed by atoms with Crippen LogP contribution in [0.3, 0.4) is 0 Å². The van der Waals surface area contributed by atoms with E-state index in [0.717, 1.165) is 15.8 Å². The largest absolute Gasteiger partial charge is 0.497 e. The number of oxazole rings is 1. The summed E-state index contributed by atoms with van der Waals surface area (Å²) < 4.78 is 35.7. The molecule has 10 nitrogen and oxygen atoms in total. The van der Waals surface area contributed by atoms with Crippen LogP contribution in [0.15, 0.2) is 64.1 Å². The Morgan fingerprint density at radius 2 is 1.78 bits per heavy atom. The predicted octanol–water partition coefficient (Wildman–Crippen LogP) is 2.90. The molecule has 2 aromatic carbocycles. The van der Waals surface area contributed by atoms with Crippen LogP contribution in [0.4, 0.5) is 10.5 Å². The molecule has 0 unspecified atom stereocenters. The molecule has 3 aromatic rings. The first-order valence-corrected chi connectivity index (χ1v) is 11.0. The molecule has 1 heterocycles. The van der Waals surface area contributed by atoms with Gasteiger partial charge < -0.3 is 19.8 Å². The molecule has 0 radical (unpaired) electrons. The number of methoxy groups -OCH3 is 1. The Morgan fingerprint density at radius 3 is 2.41 bits per heavy atom. The van der Waals surface area contributed by atoms with Gasteiger partial charge in [-0.15, -0.1) is 0 Å². The topological polar surface area (TPSA) is 123 Å². The molecular formula is C21H24N4O6S. The van der Waals surface area contributed by atoms with E-state index in [4.69, 9.17) is 14.0 Å². The van der Waals surface area contributed by atoms with Crippen molar-refractivity contribution in [1.29, 1.82) is 0 Å². The third-order valence-electron chi connectivity index (χ3n) is 4.56. The van der Waals surface area contributed by atoms with E-state index >= 15 is 0 Å². The van der Waals surface area contributed by atoms with Gasteiger partial charge >= 0.3 is 6.03 Å². The highest BCUT2D eigenvalue weighted by atomic mass is 32.2. The number of nitrogens with zero attached hydrogens (tertiary/aromatic N) is 2. The minimum atomic E-state index is -3.74. The molecule has 11 heteroatoms. The third-order valence-corrected chi connectivity index (χ3v) is 6.25. The van der Waals surface area contributed by atoms with E-state index in [9.17, 15) is 13.2 Å². The number of sulfonamides is 1. The van der Waals surface area contributed by atoms with Crippen LogP contribution in [0.2, 0.25) is 0 Å². The van der Waals surface area contributed by atoms with E-state index in [0.29, 0.717) is 30.2 Å². The maximum absolute atomic E-state index is 12.2. The van der Waals surface area contributed by atoms with E-state index in [1.54, 1.807) is 13.4 Å². The fourth-order valence-corrected chi connectivity index (χ4v) is 3.70. The quantitative estimate of drug-likeness (QED) is 0.471.